The molecule has 0 bridgehead atoms. The maximum Gasteiger partial charge on any atom is 0.0304 e. The van der Waals surface area contributed by atoms with Crippen LogP contribution in [-0.4, -0.2) is 47.1 Å². The summed E-state index contributed by atoms with van der Waals surface area (Å²) < 4.78 is 0. The molecule has 2 fully saturated rings. The van der Waals surface area contributed by atoms with Crippen LogP contribution in [0.5, 0.6) is 0 Å². The van der Waals surface area contributed by atoms with Gasteiger partial charge in [-0.3, -0.25) is 4.90 Å². The van der Waals surface area contributed by atoms with Gasteiger partial charge >= 0.3 is 0 Å². The molecule has 19 heavy (non-hydrogen) atoms. The Morgan fingerprint density at radius 3 is 2.53 bits per heavy atom. The van der Waals surface area contributed by atoms with Crippen LogP contribution in [-0.2, 0) is 0 Å². The van der Waals surface area contributed by atoms with Gasteiger partial charge in [-0.15, -0.1) is 0 Å². The van der Waals surface area contributed by atoms with Gasteiger partial charge in [0.05, 0.1) is 0 Å². The number of piperazine rings is 1. The highest BCUT2D eigenvalue weighted by Gasteiger charge is 2.40. The number of nitrogens with zero attached hydrogens (tertiary/aromatic N) is 1. The number of thioether (sulfide) groups is 1. The van der Waals surface area contributed by atoms with Crippen LogP contribution in [0.1, 0.15) is 59.3 Å². The van der Waals surface area contributed by atoms with Gasteiger partial charge in [0.25, 0.3) is 0 Å². The lowest BCUT2D eigenvalue weighted by Gasteiger charge is -2.52. The minimum Gasteiger partial charge on any atom is -0.308 e. The molecule has 0 aromatic rings. The Bertz CT molecular complexity index is 278. The molecule has 3 unspecified atom stereocenters. The van der Waals surface area contributed by atoms with Gasteiger partial charge in [-0.05, 0) is 38.9 Å². The highest BCUT2D eigenvalue weighted by atomic mass is 32.2. The molecular weight excluding hydrogens is 252 g/mol. The van der Waals surface area contributed by atoms with E-state index < -0.39 is 0 Å². The molecule has 1 saturated heterocycles. The van der Waals surface area contributed by atoms with Crippen molar-refractivity contribution >= 4 is 11.8 Å². The lowest BCUT2D eigenvalue weighted by molar-refractivity contribution is 0.0329. The third-order valence-electron chi connectivity index (χ3n) is 5.57. The Balaban J connectivity index is 2.11. The number of rotatable bonds is 4. The van der Waals surface area contributed by atoms with E-state index in [2.05, 4.69) is 49.0 Å². The first-order valence-electron chi connectivity index (χ1n) is 8.19. The summed E-state index contributed by atoms with van der Waals surface area (Å²) in [6, 6.07) is 1.52. The average molecular weight is 285 g/mol. The molecule has 2 rings (SSSR count). The molecule has 1 N–H and O–H groups in total. The van der Waals surface area contributed by atoms with Crippen molar-refractivity contribution in [3.63, 3.8) is 0 Å². The smallest absolute Gasteiger partial charge is 0.0304 e. The lowest BCUT2D eigenvalue weighted by atomic mass is 9.85. The van der Waals surface area contributed by atoms with Crippen molar-refractivity contribution < 1.29 is 0 Å². The third-order valence-corrected chi connectivity index (χ3v) is 6.73. The van der Waals surface area contributed by atoms with Gasteiger partial charge in [-0.25, -0.2) is 0 Å². The van der Waals surface area contributed by atoms with Crippen molar-refractivity contribution in [2.45, 2.75) is 82.2 Å². The molecule has 2 aliphatic rings. The molecular formula is C16H32N2S. The van der Waals surface area contributed by atoms with E-state index in [0.29, 0.717) is 11.6 Å². The van der Waals surface area contributed by atoms with Crippen LogP contribution in [0.4, 0.5) is 0 Å². The summed E-state index contributed by atoms with van der Waals surface area (Å²) in [7, 11) is 0. The summed E-state index contributed by atoms with van der Waals surface area (Å²) in [5.74, 6) is 0. The fourth-order valence-electron chi connectivity index (χ4n) is 3.94. The first-order valence-corrected chi connectivity index (χ1v) is 9.48. The van der Waals surface area contributed by atoms with Crippen molar-refractivity contribution in [2.75, 3.05) is 19.3 Å². The van der Waals surface area contributed by atoms with E-state index in [1.54, 1.807) is 0 Å². The second kappa shape index (κ2) is 6.82. The second-order valence-electron chi connectivity index (χ2n) is 6.52. The molecule has 3 atom stereocenters. The van der Waals surface area contributed by atoms with Crippen LogP contribution in [0, 0.1) is 0 Å². The van der Waals surface area contributed by atoms with Crippen LogP contribution in [0.2, 0.25) is 0 Å². The normalized spacial score (nSPS) is 36.3. The molecule has 0 spiro atoms. The largest absolute Gasteiger partial charge is 0.308 e. The molecule has 1 heterocycles. The van der Waals surface area contributed by atoms with E-state index in [-0.39, 0.29) is 0 Å². The van der Waals surface area contributed by atoms with Crippen LogP contribution >= 0.6 is 11.8 Å². The minimum atomic E-state index is 0.368. The Hall–Kier alpha value is 0.270. The van der Waals surface area contributed by atoms with E-state index in [4.69, 9.17) is 0 Å². The van der Waals surface area contributed by atoms with E-state index >= 15 is 0 Å². The Morgan fingerprint density at radius 2 is 1.89 bits per heavy atom. The maximum absolute atomic E-state index is 3.84. The highest BCUT2D eigenvalue weighted by molar-refractivity contribution is 7.99. The van der Waals surface area contributed by atoms with Gasteiger partial charge in [-0.2, -0.15) is 11.8 Å². The summed E-state index contributed by atoms with van der Waals surface area (Å²) >= 11 is 2.10. The third kappa shape index (κ3) is 3.30. The monoisotopic (exact) mass is 284 g/mol. The SMILES string of the molecule is CCC1(CC)CN(C2CCCCC2SC)C(C)CN1. The molecule has 1 saturated carbocycles. The first-order chi connectivity index (χ1) is 9.15. The molecule has 0 amide bonds. The number of nitrogens with one attached hydrogen (secondary N) is 1. The molecule has 0 aromatic carbocycles. The van der Waals surface area contributed by atoms with Gasteiger partial charge in [-0.1, -0.05) is 26.7 Å². The van der Waals surface area contributed by atoms with Gasteiger partial charge in [0.2, 0.25) is 0 Å². The Kier molecular flexibility index (Phi) is 5.62. The van der Waals surface area contributed by atoms with Crippen molar-refractivity contribution in [1.29, 1.82) is 0 Å². The molecule has 1 aliphatic heterocycles. The average Bonchev–Trinajstić information content (AvgIpc) is 2.48. The zero-order valence-electron chi connectivity index (χ0n) is 13.2. The molecule has 0 aromatic heterocycles. The summed E-state index contributed by atoms with van der Waals surface area (Å²) in [6.45, 7) is 9.52. The Labute approximate surface area is 124 Å². The number of hydrogen-bond acceptors (Lipinski definition) is 3. The van der Waals surface area contributed by atoms with Gasteiger partial charge < -0.3 is 5.32 Å². The summed E-state index contributed by atoms with van der Waals surface area (Å²) in [5.41, 5.74) is 0.368. The Morgan fingerprint density at radius 1 is 1.21 bits per heavy atom. The van der Waals surface area contributed by atoms with Crippen LogP contribution in [0.15, 0.2) is 0 Å². The van der Waals surface area contributed by atoms with Crippen molar-refractivity contribution in [3.8, 4) is 0 Å². The first kappa shape index (κ1) is 15.7. The van der Waals surface area contributed by atoms with E-state index in [1.807, 2.05) is 0 Å². The topological polar surface area (TPSA) is 15.3 Å². The van der Waals surface area contributed by atoms with E-state index in [9.17, 15) is 0 Å². The van der Waals surface area contributed by atoms with Gasteiger partial charge in [0.15, 0.2) is 0 Å². The van der Waals surface area contributed by atoms with Crippen LogP contribution < -0.4 is 5.32 Å². The fourth-order valence-corrected chi connectivity index (χ4v) is 4.95. The van der Waals surface area contributed by atoms with E-state index in [1.165, 1.54) is 51.6 Å². The predicted molar refractivity (Wildman–Crippen MR) is 87.0 cm³/mol. The maximum atomic E-state index is 3.84. The van der Waals surface area contributed by atoms with Gasteiger partial charge in [0, 0.05) is 36.0 Å². The zero-order valence-corrected chi connectivity index (χ0v) is 14.1. The fraction of sp³-hybridized carbons (Fsp3) is 1.00. The summed E-state index contributed by atoms with van der Waals surface area (Å²) in [5, 5.41) is 4.70. The predicted octanol–water partition coefficient (Wildman–Crippen LogP) is 3.51. The summed E-state index contributed by atoms with van der Waals surface area (Å²) in [4.78, 5) is 2.85. The quantitative estimate of drug-likeness (QED) is 0.850. The number of hydrogen-bond donors (Lipinski definition) is 1. The summed E-state index contributed by atoms with van der Waals surface area (Å²) in [6.07, 6.45) is 10.5. The highest BCUT2D eigenvalue weighted by Crippen LogP contribution is 2.34. The van der Waals surface area contributed by atoms with Crippen molar-refractivity contribution in [3.05, 3.63) is 0 Å². The van der Waals surface area contributed by atoms with Crippen LogP contribution in [0.25, 0.3) is 0 Å². The molecule has 2 nitrogen and oxygen atoms in total. The van der Waals surface area contributed by atoms with Crippen LogP contribution in [0.3, 0.4) is 0 Å². The zero-order chi connectivity index (χ0) is 13.9. The lowest BCUT2D eigenvalue weighted by Crippen LogP contribution is -2.66. The molecule has 1 aliphatic carbocycles. The van der Waals surface area contributed by atoms with Gasteiger partial charge in [0.1, 0.15) is 0 Å². The molecule has 112 valence electrons. The van der Waals surface area contributed by atoms with E-state index in [0.717, 1.165) is 11.3 Å². The minimum absolute atomic E-state index is 0.368. The van der Waals surface area contributed by atoms with Crippen molar-refractivity contribution in [1.82, 2.24) is 10.2 Å². The van der Waals surface area contributed by atoms with Crippen molar-refractivity contribution in [2.24, 2.45) is 0 Å². The molecule has 0 radical (unpaired) electrons. The second-order valence-corrected chi connectivity index (χ2v) is 7.59. The molecule has 3 heteroatoms. The standard InChI is InChI=1S/C16H32N2S/c1-5-16(6-2)12-18(13(3)11-17-16)14-9-7-8-10-15(14)19-4/h13-15,17H,5-12H2,1-4H3.